The summed E-state index contributed by atoms with van der Waals surface area (Å²) in [7, 11) is 0. The van der Waals surface area contributed by atoms with E-state index in [9.17, 15) is 14.0 Å². The third kappa shape index (κ3) is 3.62. The molecule has 3 aromatic rings. The number of benzene rings is 3. The Kier molecular flexibility index (Phi) is 5.08. The van der Waals surface area contributed by atoms with Crippen LogP contribution in [0.1, 0.15) is 11.1 Å². The van der Waals surface area contributed by atoms with E-state index in [4.69, 9.17) is 0 Å². The summed E-state index contributed by atoms with van der Waals surface area (Å²) >= 11 is 1.26. The van der Waals surface area contributed by atoms with Gasteiger partial charge in [0.05, 0.1) is 17.0 Å². The van der Waals surface area contributed by atoms with E-state index in [1.54, 1.807) is 0 Å². The van der Waals surface area contributed by atoms with Crippen molar-refractivity contribution >= 4 is 29.1 Å². The zero-order chi connectivity index (χ0) is 19.5. The van der Waals surface area contributed by atoms with Gasteiger partial charge in [0.15, 0.2) is 0 Å². The highest BCUT2D eigenvalue weighted by molar-refractivity contribution is 8.04. The Hall–Kier alpha value is -3.18. The molecule has 4 rings (SSSR count). The van der Waals surface area contributed by atoms with Crippen molar-refractivity contribution < 1.29 is 14.0 Å². The molecule has 0 saturated carbocycles. The Labute approximate surface area is 166 Å². The van der Waals surface area contributed by atoms with Crippen molar-refractivity contribution in [1.29, 1.82) is 0 Å². The summed E-state index contributed by atoms with van der Waals surface area (Å²) in [6.07, 6.45) is 0. The highest BCUT2D eigenvalue weighted by atomic mass is 32.2. The number of carbonyl (C=O) groups excluding carboxylic acids is 2. The molecule has 0 aliphatic carbocycles. The van der Waals surface area contributed by atoms with Crippen LogP contribution >= 0.6 is 11.8 Å². The lowest BCUT2D eigenvalue weighted by Gasteiger charge is -2.15. The minimum atomic E-state index is -0.389. The number of thioether (sulfide) groups is 1. The number of carbonyl (C=O) groups is 2. The van der Waals surface area contributed by atoms with Crippen molar-refractivity contribution in [3.63, 3.8) is 0 Å². The molecule has 0 atom stereocenters. The number of hydrogen-bond acceptors (Lipinski definition) is 3. The highest BCUT2D eigenvalue weighted by Crippen LogP contribution is 2.40. The van der Waals surface area contributed by atoms with Crippen LogP contribution in [0.5, 0.6) is 0 Å². The number of nitrogens with zero attached hydrogens (tertiary/aromatic N) is 1. The third-order valence-electron chi connectivity index (χ3n) is 4.41. The maximum absolute atomic E-state index is 13.4. The Morgan fingerprint density at radius 1 is 0.750 bits per heavy atom. The monoisotopic (exact) mass is 389 g/mol. The first-order valence-electron chi connectivity index (χ1n) is 8.77. The lowest BCUT2D eigenvalue weighted by Crippen LogP contribution is -2.30. The molecule has 0 N–H and O–H groups in total. The van der Waals surface area contributed by atoms with Gasteiger partial charge in [0.2, 0.25) is 0 Å². The van der Waals surface area contributed by atoms with Crippen LogP contribution in [0.2, 0.25) is 0 Å². The van der Waals surface area contributed by atoms with Crippen molar-refractivity contribution in [2.75, 3.05) is 0 Å². The second kappa shape index (κ2) is 7.82. The number of amides is 2. The van der Waals surface area contributed by atoms with Gasteiger partial charge in [-0.05, 0) is 35.4 Å². The molecule has 2 amide bonds. The zero-order valence-electron chi connectivity index (χ0n) is 14.8. The molecule has 1 heterocycles. The molecule has 0 fully saturated rings. The van der Waals surface area contributed by atoms with Crippen molar-refractivity contribution in [2.24, 2.45) is 0 Å². The molecule has 1 aliphatic rings. The van der Waals surface area contributed by atoms with E-state index in [2.05, 4.69) is 0 Å². The highest BCUT2D eigenvalue weighted by Gasteiger charge is 2.39. The van der Waals surface area contributed by atoms with Gasteiger partial charge in [-0.15, -0.1) is 0 Å². The number of rotatable bonds is 5. The van der Waals surface area contributed by atoms with E-state index >= 15 is 0 Å². The summed E-state index contributed by atoms with van der Waals surface area (Å²) in [6.45, 7) is 0.196. The van der Waals surface area contributed by atoms with Crippen LogP contribution in [-0.2, 0) is 16.1 Å². The van der Waals surface area contributed by atoms with E-state index in [0.29, 0.717) is 16.0 Å². The SMILES string of the molecule is O=C1C(Sc2ccccc2)=C(c2ccc(F)cc2)C(=O)N1Cc1ccccc1. The maximum Gasteiger partial charge on any atom is 0.268 e. The first-order valence-corrected chi connectivity index (χ1v) is 9.58. The van der Waals surface area contributed by atoms with E-state index in [-0.39, 0.29) is 24.2 Å². The number of halogens is 1. The van der Waals surface area contributed by atoms with Gasteiger partial charge in [-0.1, -0.05) is 72.4 Å². The van der Waals surface area contributed by atoms with Gasteiger partial charge in [0, 0.05) is 4.90 Å². The topological polar surface area (TPSA) is 37.4 Å². The molecular weight excluding hydrogens is 373 g/mol. The lowest BCUT2D eigenvalue weighted by molar-refractivity contribution is -0.137. The van der Waals surface area contributed by atoms with E-state index < -0.39 is 0 Å². The van der Waals surface area contributed by atoms with Crippen molar-refractivity contribution in [3.8, 4) is 0 Å². The van der Waals surface area contributed by atoms with Crippen LogP contribution in [0.3, 0.4) is 0 Å². The smallest absolute Gasteiger partial charge is 0.268 e. The minimum absolute atomic E-state index is 0.196. The van der Waals surface area contributed by atoms with Crippen molar-refractivity contribution in [2.45, 2.75) is 11.4 Å². The largest absolute Gasteiger partial charge is 0.269 e. The molecule has 0 bridgehead atoms. The van der Waals surface area contributed by atoms with Crippen LogP contribution in [0.25, 0.3) is 5.57 Å². The first kappa shape index (κ1) is 18.2. The van der Waals surface area contributed by atoms with Gasteiger partial charge in [-0.3, -0.25) is 14.5 Å². The van der Waals surface area contributed by atoms with Gasteiger partial charge in [-0.25, -0.2) is 4.39 Å². The van der Waals surface area contributed by atoms with Crippen molar-refractivity contribution in [3.05, 3.63) is 107 Å². The summed E-state index contributed by atoms with van der Waals surface area (Å²) < 4.78 is 13.4. The molecule has 3 nitrogen and oxygen atoms in total. The normalized spacial score (nSPS) is 14.1. The van der Waals surface area contributed by atoms with Gasteiger partial charge < -0.3 is 0 Å². The first-order chi connectivity index (χ1) is 13.6. The molecule has 3 aromatic carbocycles. The number of hydrogen-bond donors (Lipinski definition) is 0. The predicted octanol–water partition coefficient (Wildman–Crippen LogP) is 4.90. The Bertz CT molecular complexity index is 1050. The Morgan fingerprint density at radius 2 is 1.36 bits per heavy atom. The van der Waals surface area contributed by atoms with Crippen LogP contribution in [0.4, 0.5) is 4.39 Å². The lowest BCUT2D eigenvalue weighted by atomic mass is 10.1. The summed E-state index contributed by atoms with van der Waals surface area (Å²) in [5.41, 5.74) is 1.72. The predicted molar refractivity (Wildman–Crippen MR) is 108 cm³/mol. The van der Waals surface area contributed by atoms with Gasteiger partial charge in [0.1, 0.15) is 5.82 Å². The molecular formula is C23H16FNO2S. The molecule has 0 saturated heterocycles. The van der Waals surface area contributed by atoms with E-state index in [1.165, 1.54) is 40.9 Å². The second-order valence-corrected chi connectivity index (χ2v) is 7.39. The summed E-state index contributed by atoms with van der Waals surface area (Å²) in [6, 6.07) is 24.5. The maximum atomic E-state index is 13.4. The zero-order valence-corrected chi connectivity index (χ0v) is 15.7. The van der Waals surface area contributed by atoms with Crippen molar-refractivity contribution in [1.82, 2.24) is 4.90 Å². The number of imide groups is 1. The van der Waals surface area contributed by atoms with E-state index in [0.717, 1.165) is 10.5 Å². The molecule has 0 radical (unpaired) electrons. The molecule has 5 heteroatoms. The van der Waals surface area contributed by atoms with Crippen LogP contribution < -0.4 is 0 Å². The fourth-order valence-corrected chi connectivity index (χ4v) is 4.07. The molecule has 28 heavy (non-hydrogen) atoms. The van der Waals surface area contributed by atoms with Crippen LogP contribution in [0, 0.1) is 5.82 Å². The van der Waals surface area contributed by atoms with Crippen LogP contribution in [0.15, 0.2) is 94.7 Å². The van der Waals surface area contributed by atoms with Gasteiger partial charge in [-0.2, -0.15) is 0 Å². The second-order valence-electron chi connectivity index (χ2n) is 6.31. The fourth-order valence-electron chi connectivity index (χ4n) is 3.04. The Morgan fingerprint density at radius 3 is 2.00 bits per heavy atom. The Balaban J connectivity index is 1.74. The minimum Gasteiger partial charge on any atom is -0.269 e. The summed E-state index contributed by atoms with van der Waals surface area (Å²) in [4.78, 5) is 28.7. The standard InChI is InChI=1S/C23H16FNO2S/c24-18-13-11-17(12-14-18)20-21(28-19-9-5-2-6-10-19)23(27)25(22(20)26)15-16-7-3-1-4-8-16/h1-14H,15H2. The average molecular weight is 389 g/mol. The van der Waals surface area contributed by atoms with Gasteiger partial charge in [0.25, 0.3) is 11.8 Å². The van der Waals surface area contributed by atoms with E-state index in [1.807, 2.05) is 60.7 Å². The molecule has 0 aromatic heterocycles. The fraction of sp³-hybridized carbons (Fsp3) is 0.0435. The van der Waals surface area contributed by atoms with Gasteiger partial charge >= 0.3 is 0 Å². The molecule has 1 aliphatic heterocycles. The summed E-state index contributed by atoms with van der Waals surface area (Å²) in [5.74, 6) is -1.08. The molecule has 138 valence electrons. The molecule has 0 spiro atoms. The quantitative estimate of drug-likeness (QED) is 0.583. The average Bonchev–Trinajstić information content (AvgIpc) is 2.95. The third-order valence-corrected chi connectivity index (χ3v) is 5.50. The van der Waals surface area contributed by atoms with Crippen LogP contribution in [-0.4, -0.2) is 16.7 Å². The summed E-state index contributed by atoms with van der Waals surface area (Å²) in [5, 5.41) is 0. The molecule has 0 unspecified atom stereocenters.